The molecule has 9 nitrogen and oxygen atoms in total. The first-order valence-electron chi connectivity index (χ1n) is 14.3. The number of anilines is 1. The Balaban J connectivity index is 1.49. The molecule has 1 aliphatic rings. The third-order valence-electron chi connectivity index (χ3n) is 7.67. The van der Waals surface area contributed by atoms with Gasteiger partial charge < -0.3 is 30.0 Å². The molecular weight excluding hydrogens is 534 g/mol. The standard InChI is InChI=1S/C33H41N3O6/c1-5-40-30(38)19-34-33(39)35-28-17-15-27(16-18-28)32-41-29(20-36(4)23(3)25-9-7-6-8-10-25)22(2)31(42-32)26-13-11-24(21-37)12-14-26/h6-18,22-23,29,31-32,37H,5,19-21H2,1-4H3,(H2,34,35,39). The van der Waals surface area contributed by atoms with Crippen molar-refractivity contribution in [2.45, 2.75) is 51.9 Å². The molecule has 1 aliphatic heterocycles. The van der Waals surface area contributed by atoms with Gasteiger partial charge in [-0.3, -0.25) is 9.69 Å². The first kappa shape index (κ1) is 31.2. The van der Waals surface area contributed by atoms with E-state index >= 15 is 0 Å². The predicted octanol–water partition coefficient (Wildman–Crippen LogP) is 5.35. The number of nitrogens with zero attached hydrogens (tertiary/aromatic N) is 1. The molecule has 0 aliphatic carbocycles. The van der Waals surface area contributed by atoms with Crippen LogP contribution in [0.15, 0.2) is 78.9 Å². The molecule has 1 fully saturated rings. The summed E-state index contributed by atoms with van der Waals surface area (Å²) in [4.78, 5) is 26.0. The number of amides is 2. The van der Waals surface area contributed by atoms with E-state index in [9.17, 15) is 14.7 Å². The maximum absolute atomic E-state index is 12.2. The third kappa shape index (κ3) is 8.17. The third-order valence-corrected chi connectivity index (χ3v) is 7.67. The first-order chi connectivity index (χ1) is 20.3. The quantitative estimate of drug-likeness (QED) is 0.265. The molecule has 0 radical (unpaired) electrons. The van der Waals surface area contributed by atoms with Gasteiger partial charge in [-0.25, -0.2) is 4.79 Å². The zero-order valence-corrected chi connectivity index (χ0v) is 24.7. The molecule has 0 aromatic heterocycles. The fraction of sp³-hybridized carbons (Fsp3) is 0.394. The van der Waals surface area contributed by atoms with Crippen molar-refractivity contribution in [3.8, 4) is 0 Å². The summed E-state index contributed by atoms with van der Waals surface area (Å²) in [5.74, 6) is -0.446. The van der Waals surface area contributed by atoms with Crippen LogP contribution in [0.5, 0.6) is 0 Å². The number of hydrogen-bond donors (Lipinski definition) is 3. The molecule has 3 N–H and O–H groups in total. The van der Waals surface area contributed by atoms with Crippen molar-refractivity contribution in [3.05, 3.63) is 101 Å². The summed E-state index contributed by atoms with van der Waals surface area (Å²) in [6, 6.07) is 25.2. The highest BCUT2D eigenvalue weighted by atomic mass is 16.7. The van der Waals surface area contributed by atoms with Crippen LogP contribution in [0.2, 0.25) is 0 Å². The van der Waals surface area contributed by atoms with E-state index < -0.39 is 18.3 Å². The van der Waals surface area contributed by atoms with Crippen molar-refractivity contribution in [1.82, 2.24) is 10.2 Å². The molecule has 9 heteroatoms. The van der Waals surface area contributed by atoms with Crippen molar-refractivity contribution in [2.24, 2.45) is 5.92 Å². The van der Waals surface area contributed by atoms with Crippen LogP contribution >= 0.6 is 0 Å². The number of nitrogens with one attached hydrogen (secondary N) is 2. The van der Waals surface area contributed by atoms with Gasteiger partial charge in [0.15, 0.2) is 6.29 Å². The van der Waals surface area contributed by atoms with E-state index in [0.29, 0.717) is 12.2 Å². The second-order valence-corrected chi connectivity index (χ2v) is 10.6. The lowest BCUT2D eigenvalue weighted by Crippen LogP contribution is -2.44. The van der Waals surface area contributed by atoms with Crippen molar-refractivity contribution in [2.75, 3.05) is 32.1 Å². The second-order valence-electron chi connectivity index (χ2n) is 10.6. The van der Waals surface area contributed by atoms with E-state index in [1.807, 2.05) is 42.5 Å². The fourth-order valence-electron chi connectivity index (χ4n) is 5.02. The number of carbonyl (C=O) groups is 2. The van der Waals surface area contributed by atoms with Gasteiger partial charge in [-0.1, -0.05) is 73.7 Å². The van der Waals surface area contributed by atoms with Crippen LogP contribution in [0.25, 0.3) is 0 Å². The van der Waals surface area contributed by atoms with Crippen LogP contribution in [-0.4, -0.2) is 54.9 Å². The molecule has 224 valence electrons. The number of esters is 1. The van der Waals surface area contributed by atoms with E-state index in [2.05, 4.69) is 60.7 Å². The number of benzene rings is 3. The minimum absolute atomic E-state index is 0.0148. The number of ether oxygens (including phenoxy) is 3. The number of carbonyl (C=O) groups excluding carboxylic acids is 2. The maximum atomic E-state index is 12.2. The van der Waals surface area contributed by atoms with E-state index in [0.717, 1.165) is 16.7 Å². The lowest BCUT2D eigenvalue weighted by atomic mass is 9.89. The summed E-state index contributed by atoms with van der Waals surface area (Å²) >= 11 is 0. The smallest absolute Gasteiger partial charge is 0.325 e. The molecule has 0 spiro atoms. The fourth-order valence-corrected chi connectivity index (χ4v) is 5.02. The van der Waals surface area contributed by atoms with Gasteiger partial charge in [0.1, 0.15) is 6.54 Å². The lowest BCUT2D eigenvalue weighted by molar-refractivity contribution is -0.276. The number of likely N-dealkylation sites (N-methyl/N-ethyl adjacent to an activating group) is 1. The van der Waals surface area contributed by atoms with E-state index in [-0.39, 0.29) is 43.9 Å². The van der Waals surface area contributed by atoms with Crippen molar-refractivity contribution < 1.29 is 28.9 Å². The van der Waals surface area contributed by atoms with Gasteiger partial charge in [0.05, 0.1) is 25.4 Å². The Hall–Kier alpha value is -3.76. The van der Waals surface area contributed by atoms with Crippen LogP contribution in [0, 0.1) is 5.92 Å². The number of hydrogen-bond acceptors (Lipinski definition) is 7. The number of aliphatic hydroxyl groups is 1. The van der Waals surface area contributed by atoms with E-state index in [1.165, 1.54) is 5.56 Å². The molecule has 4 rings (SSSR count). The highest BCUT2D eigenvalue weighted by Gasteiger charge is 2.39. The average Bonchev–Trinajstić information content (AvgIpc) is 3.01. The van der Waals surface area contributed by atoms with Gasteiger partial charge in [-0.2, -0.15) is 0 Å². The molecule has 1 heterocycles. The molecule has 0 saturated carbocycles. The Morgan fingerprint density at radius 2 is 1.64 bits per heavy atom. The minimum Gasteiger partial charge on any atom is -0.465 e. The predicted molar refractivity (Wildman–Crippen MR) is 161 cm³/mol. The molecule has 1 saturated heterocycles. The van der Waals surface area contributed by atoms with Crippen LogP contribution in [0.1, 0.15) is 61.5 Å². The van der Waals surface area contributed by atoms with Gasteiger partial charge in [-0.15, -0.1) is 0 Å². The zero-order chi connectivity index (χ0) is 30.1. The van der Waals surface area contributed by atoms with Gasteiger partial charge >= 0.3 is 12.0 Å². The number of rotatable bonds is 11. The molecule has 0 bridgehead atoms. The summed E-state index contributed by atoms with van der Waals surface area (Å²) in [7, 11) is 2.11. The Labute approximate surface area is 247 Å². The molecular formula is C33H41N3O6. The monoisotopic (exact) mass is 575 g/mol. The first-order valence-corrected chi connectivity index (χ1v) is 14.3. The summed E-state index contributed by atoms with van der Waals surface area (Å²) in [5.41, 5.74) is 4.49. The molecule has 3 aromatic rings. The molecule has 5 unspecified atom stereocenters. The highest BCUT2D eigenvalue weighted by molar-refractivity contribution is 5.91. The summed E-state index contributed by atoms with van der Waals surface area (Å²) in [6.45, 7) is 6.78. The van der Waals surface area contributed by atoms with E-state index in [4.69, 9.17) is 14.2 Å². The highest BCUT2D eigenvalue weighted by Crippen LogP contribution is 2.42. The largest absolute Gasteiger partial charge is 0.465 e. The van der Waals surface area contributed by atoms with Crippen LogP contribution < -0.4 is 10.6 Å². The summed E-state index contributed by atoms with van der Waals surface area (Å²) in [6.07, 6.45) is -0.983. The van der Waals surface area contributed by atoms with Gasteiger partial charge in [-0.05, 0) is 49.7 Å². The Bertz CT molecular complexity index is 1290. The Morgan fingerprint density at radius 1 is 0.976 bits per heavy atom. The Morgan fingerprint density at radius 3 is 2.29 bits per heavy atom. The van der Waals surface area contributed by atoms with Crippen molar-refractivity contribution >= 4 is 17.7 Å². The average molecular weight is 576 g/mol. The molecule has 2 amide bonds. The SMILES string of the molecule is CCOC(=O)CNC(=O)Nc1ccc(C2OC(CN(C)C(C)c3ccccc3)C(C)C(c3ccc(CO)cc3)O2)cc1. The number of aliphatic hydroxyl groups excluding tert-OH is 1. The normalized spacial score (nSPS) is 21.0. The van der Waals surface area contributed by atoms with Crippen molar-refractivity contribution in [3.63, 3.8) is 0 Å². The van der Waals surface area contributed by atoms with Crippen molar-refractivity contribution in [1.29, 1.82) is 0 Å². The van der Waals surface area contributed by atoms with Gasteiger partial charge in [0.2, 0.25) is 0 Å². The Kier molecular flexibility index (Phi) is 11.1. The number of urea groups is 1. The second kappa shape index (κ2) is 14.9. The lowest BCUT2D eigenvalue weighted by Gasteiger charge is -2.43. The van der Waals surface area contributed by atoms with Crippen LogP contribution in [0.4, 0.5) is 10.5 Å². The van der Waals surface area contributed by atoms with Gasteiger partial charge in [0.25, 0.3) is 0 Å². The molecule has 3 aromatic carbocycles. The molecule has 5 atom stereocenters. The maximum Gasteiger partial charge on any atom is 0.325 e. The van der Waals surface area contributed by atoms with E-state index in [1.54, 1.807) is 19.1 Å². The topological polar surface area (TPSA) is 109 Å². The van der Waals surface area contributed by atoms with Crippen LogP contribution in [0.3, 0.4) is 0 Å². The molecule has 42 heavy (non-hydrogen) atoms. The van der Waals surface area contributed by atoms with Crippen LogP contribution in [-0.2, 0) is 25.6 Å². The van der Waals surface area contributed by atoms with Gasteiger partial charge in [0, 0.05) is 29.8 Å². The minimum atomic E-state index is -0.624. The summed E-state index contributed by atoms with van der Waals surface area (Å²) in [5, 5.41) is 14.7. The summed E-state index contributed by atoms with van der Waals surface area (Å²) < 4.78 is 18.0. The zero-order valence-electron chi connectivity index (χ0n) is 24.7.